The van der Waals surface area contributed by atoms with Gasteiger partial charge in [0.1, 0.15) is 17.2 Å². The van der Waals surface area contributed by atoms with Crippen LogP contribution in [0.2, 0.25) is 0 Å². The first kappa shape index (κ1) is 20.9. The van der Waals surface area contributed by atoms with Gasteiger partial charge in [0.25, 0.3) is 5.91 Å². The molecule has 2 aromatic carbocycles. The van der Waals surface area contributed by atoms with Crippen molar-refractivity contribution in [3.8, 4) is 17.2 Å². The van der Waals surface area contributed by atoms with Crippen molar-refractivity contribution in [3.05, 3.63) is 84.2 Å². The molecule has 0 atom stereocenters. The Balaban J connectivity index is 1.52. The summed E-state index contributed by atoms with van der Waals surface area (Å²) < 4.78 is 16.8. The van der Waals surface area contributed by atoms with Crippen molar-refractivity contribution in [1.29, 1.82) is 0 Å². The molecule has 0 unspecified atom stereocenters. The third-order valence-corrected chi connectivity index (χ3v) is 5.73. The van der Waals surface area contributed by atoms with Gasteiger partial charge in [0.2, 0.25) is 0 Å². The van der Waals surface area contributed by atoms with Crippen LogP contribution in [0.1, 0.15) is 28.8 Å². The number of carbonyl (C=O) groups is 1. The topological polar surface area (TPSA) is 69.7 Å². The quantitative estimate of drug-likeness (QED) is 0.617. The maximum absolute atomic E-state index is 13.1. The molecule has 6 heteroatoms. The average Bonchev–Trinajstić information content (AvgIpc) is 2.84. The fraction of sp³-hybridized carbons (Fsp3) is 0.280. The molecule has 0 radical (unpaired) electrons. The van der Waals surface area contributed by atoms with Crippen LogP contribution < -0.4 is 14.8 Å². The minimum Gasteiger partial charge on any atom is -0.497 e. The Morgan fingerprint density at radius 3 is 2.52 bits per heavy atom. The predicted molar refractivity (Wildman–Crippen MR) is 118 cm³/mol. The van der Waals surface area contributed by atoms with E-state index in [1.165, 1.54) is 5.56 Å². The van der Waals surface area contributed by atoms with Crippen molar-refractivity contribution < 1.29 is 19.0 Å². The van der Waals surface area contributed by atoms with Crippen LogP contribution in [0.3, 0.4) is 0 Å². The van der Waals surface area contributed by atoms with E-state index >= 15 is 0 Å². The van der Waals surface area contributed by atoms with Crippen LogP contribution in [0.15, 0.2) is 73.1 Å². The van der Waals surface area contributed by atoms with Crippen molar-refractivity contribution in [3.63, 3.8) is 0 Å². The number of hydrogen-bond acceptors (Lipinski definition) is 5. The van der Waals surface area contributed by atoms with Crippen LogP contribution in [-0.4, -0.2) is 37.8 Å². The van der Waals surface area contributed by atoms with Crippen molar-refractivity contribution >= 4 is 5.91 Å². The lowest BCUT2D eigenvalue weighted by molar-refractivity contribution is 0.0487. The molecule has 6 nitrogen and oxygen atoms in total. The summed E-state index contributed by atoms with van der Waals surface area (Å²) >= 11 is 0. The summed E-state index contributed by atoms with van der Waals surface area (Å²) in [6, 6.07) is 18.9. The molecule has 3 aromatic rings. The maximum Gasteiger partial charge on any atom is 0.255 e. The maximum atomic E-state index is 13.1. The first-order chi connectivity index (χ1) is 15.2. The minimum atomic E-state index is -0.181. The van der Waals surface area contributed by atoms with Gasteiger partial charge in [-0.3, -0.25) is 9.78 Å². The van der Waals surface area contributed by atoms with Crippen molar-refractivity contribution in [1.82, 2.24) is 10.3 Å². The smallest absolute Gasteiger partial charge is 0.255 e. The van der Waals surface area contributed by atoms with E-state index in [0.717, 1.165) is 18.6 Å². The molecule has 4 rings (SSSR count). The van der Waals surface area contributed by atoms with Gasteiger partial charge >= 0.3 is 0 Å². The van der Waals surface area contributed by atoms with Gasteiger partial charge in [-0.25, -0.2) is 0 Å². The fourth-order valence-corrected chi connectivity index (χ4v) is 3.90. The van der Waals surface area contributed by atoms with Crippen molar-refractivity contribution in [2.75, 3.05) is 26.9 Å². The summed E-state index contributed by atoms with van der Waals surface area (Å²) in [6.07, 6.45) is 4.98. The van der Waals surface area contributed by atoms with E-state index in [2.05, 4.69) is 22.4 Å². The molecule has 2 heterocycles. The third-order valence-electron chi connectivity index (χ3n) is 5.73. The van der Waals surface area contributed by atoms with E-state index in [1.807, 2.05) is 30.3 Å². The van der Waals surface area contributed by atoms with Crippen LogP contribution in [-0.2, 0) is 10.2 Å². The Labute approximate surface area is 182 Å². The summed E-state index contributed by atoms with van der Waals surface area (Å²) in [7, 11) is 1.66. The molecule has 0 spiro atoms. The molecule has 1 saturated heterocycles. The first-order valence-electron chi connectivity index (χ1n) is 10.4. The predicted octanol–water partition coefficient (Wildman–Crippen LogP) is 4.36. The highest BCUT2D eigenvalue weighted by molar-refractivity contribution is 5.97. The number of nitrogens with one attached hydrogen (secondary N) is 1. The molecule has 31 heavy (non-hydrogen) atoms. The number of aromatic nitrogens is 1. The van der Waals surface area contributed by atoms with E-state index in [9.17, 15) is 4.79 Å². The van der Waals surface area contributed by atoms with Gasteiger partial charge < -0.3 is 19.5 Å². The number of nitrogens with zero attached hydrogens (tertiary/aromatic N) is 1. The zero-order chi connectivity index (χ0) is 21.5. The molecule has 0 bridgehead atoms. The lowest BCUT2D eigenvalue weighted by atomic mass is 9.74. The Morgan fingerprint density at radius 1 is 1.03 bits per heavy atom. The van der Waals surface area contributed by atoms with Crippen molar-refractivity contribution in [2.24, 2.45) is 0 Å². The van der Waals surface area contributed by atoms with Gasteiger partial charge in [-0.2, -0.15) is 0 Å². The monoisotopic (exact) mass is 418 g/mol. The zero-order valence-electron chi connectivity index (χ0n) is 17.5. The number of carbonyl (C=O) groups excluding carboxylic acids is 1. The van der Waals surface area contributed by atoms with E-state index < -0.39 is 0 Å². The molecule has 160 valence electrons. The molecular weight excluding hydrogens is 392 g/mol. The van der Waals surface area contributed by atoms with Gasteiger partial charge in [-0.15, -0.1) is 0 Å². The average molecular weight is 418 g/mol. The largest absolute Gasteiger partial charge is 0.497 e. The van der Waals surface area contributed by atoms with Gasteiger partial charge in [0.15, 0.2) is 0 Å². The lowest BCUT2D eigenvalue weighted by Crippen LogP contribution is -2.44. The van der Waals surface area contributed by atoms with E-state index in [0.29, 0.717) is 36.8 Å². The zero-order valence-corrected chi connectivity index (χ0v) is 17.5. The fourth-order valence-electron chi connectivity index (χ4n) is 3.90. The Morgan fingerprint density at radius 2 is 1.81 bits per heavy atom. The Kier molecular flexibility index (Phi) is 6.48. The molecule has 1 N–H and O–H groups in total. The number of hydrogen-bond donors (Lipinski definition) is 1. The molecule has 0 saturated carbocycles. The number of para-hydroxylation sites is 1. The second kappa shape index (κ2) is 9.62. The number of methoxy groups -OCH3 is 1. The number of amides is 1. The normalized spacial score (nSPS) is 15.1. The summed E-state index contributed by atoms with van der Waals surface area (Å²) in [6.45, 7) is 1.86. The first-order valence-corrected chi connectivity index (χ1v) is 10.4. The number of pyridine rings is 1. The highest BCUT2D eigenvalue weighted by atomic mass is 16.5. The van der Waals surface area contributed by atoms with E-state index in [4.69, 9.17) is 14.2 Å². The number of rotatable bonds is 7. The number of benzene rings is 2. The van der Waals surface area contributed by atoms with E-state index in [-0.39, 0.29) is 11.3 Å². The molecule has 1 fully saturated rings. The SMILES string of the molecule is COc1ccc(C2(CNC(=O)c3ccccc3Oc3cccnc3)CCOCC2)cc1. The van der Waals surface area contributed by atoms with Crippen LogP contribution in [0.25, 0.3) is 0 Å². The standard InChI is InChI=1S/C25H26N2O4/c1-29-20-10-8-19(9-11-20)25(12-15-30-16-13-25)18-27-24(28)22-6-2-3-7-23(22)31-21-5-4-14-26-17-21/h2-11,14,17H,12-13,15-16,18H2,1H3,(H,27,28). The van der Waals surface area contributed by atoms with E-state index in [1.54, 1.807) is 37.7 Å². The van der Waals surface area contributed by atoms with Gasteiger partial charge in [-0.1, -0.05) is 24.3 Å². The van der Waals surface area contributed by atoms with Crippen molar-refractivity contribution in [2.45, 2.75) is 18.3 Å². The van der Waals surface area contributed by atoms with Gasteiger partial charge in [0.05, 0.1) is 18.9 Å². The molecule has 0 aliphatic carbocycles. The van der Waals surface area contributed by atoms with Crippen LogP contribution >= 0.6 is 0 Å². The highest BCUT2D eigenvalue weighted by Gasteiger charge is 2.35. The molecule has 1 aliphatic rings. The molecular formula is C25H26N2O4. The second-order valence-electron chi connectivity index (χ2n) is 7.59. The summed E-state index contributed by atoms with van der Waals surface area (Å²) in [5, 5.41) is 3.14. The van der Waals surface area contributed by atoms with Crippen LogP contribution in [0.4, 0.5) is 0 Å². The molecule has 1 amide bonds. The summed E-state index contributed by atoms with van der Waals surface area (Å²) in [5.74, 6) is 1.73. The summed E-state index contributed by atoms with van der Waals surface area (Å²) in [4.78, 5) is 17.2. The van der Waals surface area contributed by atoms with Crippen LogP contribution in [0.5, 0.6) is 17.2 Å². The minimum absolute atomic E-state index is 0.168. The lowest BCUT2D eigenvalue weighted by Gasteiger charge is -2.38. The van der Waals surface area contributed by atoms with Gasteiger partial charge in [-0.05, 0) is 54.8 Å². The third kappa shape index (κ3) is 4.86. The van der Waals surface area contributed by atoms with Crippen LogP contribution in [0, 0.1) is 0 Å². The Bertz CT molecular complexity index is 1000. The summed E-state index contributed by atoms with van der Waals surface area (Å²) in [5.41, 5.74) is 1.49. The highest BCUT2D eigenvalue weighted by Crippen LogP contribution is 2.35. The number of ether oxygens (including phenoxy) is 3. The van der Waals surface area contributed by atoms with Gasteiger partial charge in [0, 0.05) is 31.4 Å². The molecule has 1 aromatic heterocycles. The molecule has 1 aliphatic heterocycles. The Hall–Kier alpha value is -3.38. The second-order valence-corrected chi connectivity index (χ2v) is 7.59.